The van der Waals surface area contributed by atoms with E-state index in [-0.39, 0.29) is 0 Å². The van der Waals surface area contributed by atoms with E-state index < -0.39 is 18.8 Å². The second-order valence-electron chi connectivity index (χ2n) is 4.78. The Morgan fingerprint density at radius 1 is 1.16 bits per heavy atom. The Kier molecular flexibility index (Phi) is 5.20. The summed E-state index contributed by atoms with van der Waals surface area (Å²) >= 11 is 0. The van der Waals surface area contributed by atoms with Crippen LogP contribution in [0.2, 0.25) is 0 Å². The van der Waals surface area contributed by atoms with Crippen LogP contribution in [0.5, 0.6) is 0 Å². The fourth-order valence-electron chi connectivity index (χ4n) is 1.83. The van der Waals surface area contributed by atoms with Crippen molar-refractivity contribution in [1.82, 2.24) is 4.90 Å². The third kappa shape index (κ3) is 4.72. The maximum absolute atomic E-state index is 12.3. The number of alkyl halides is 3. The fraction of sp³-hybridized carbons (Fsp3) is 0.538. The summed E-state index contributed by atoms with van der Waals surface area (Å²) in [5.74, 6) is 0. The summed E-state index contributed by atoms with van der Waals surface area (Å²) in [7, 11) is 5.31. The van der Waals surface area contributed by atoms with Crippen molar-refractivity contribution in [2.45, 2.75) is 18.8 Å². The summed E-state index contributed by atoms with van der Waals surface area (Å²) in [5, 5.41) is 9.04. The van der Waals surface area contributed by atoms with Crippen molar-refractivity contribution in [1.29, 1.82) is 0 Å². The second-order valence-corrected chi connectivity index (χ2v) is 4.78. The molecule has 0 saturated heterocycles. The van der Waals surface area contributed by atoms with Gasteiger partial charge in [-0.3, -0.25) is 4.90 Å². The molecule has 19 heavy (non-hydrogen) atoms. The highest BCUT2D eigenvalue weighted by molar-refractivity contribution is 5.52. The lowest BCUT2D eigenvalue weighted by Gasteiger charge is -2.24. The molecule has 0 spiro atoms. The van der Waals surface area contributed by atoms with Gasteiger partial charge >= 0.3 is 6.18 Å². The Bertz CT molecular complexity index is 407. The van der Waals surface area contributed by atoms with Gasteiger partial charge in [0.05, 0.1) is 0 Å². The number of aliphatic hydroxyl groups excluding tert-OH is 1. The Morgan fingerprint density at radius 3 is 2.26 bits per heavy atom. The van der Waals surface area contributed by atoms with Gasteiger partial charge in [0, 0.05) is 32.9 Å². The van der Waals surface area contributed by atoms with Gasteiger partial charge in [0.2, 0.25) is 0 Å². The van der Waals surface area contributed by atoms with Crippen molar-refractivity contribution in [3.8, 4) is 0 Å². The summed E-state index contributed by atoms with van der Waals surface area (Å²) in [6, 6.07) is 7.49. The molecule has 3 nitrogen and oxygen atoms in total. The molecule has 1 atom stereocenters. The first-order chi connectivity index (χ1) is 8.71. The topological polar surface area (TPSA) is 26.7 Å². The molecule has 0 bridgehead atoms. The normalized spacial score (nSPS) is 13.7. The molecule has 1 aromatic rings. The van der Waals surface area contributed by atoms with Crippen LogP contribution in [0.25, 0.3) is 0 Å². The van der Waals surface area contributed by atoms with Crippen molar-refractivity contribution in [3.05, 3.63) is 29.8 Å². The fourth-order valence-corrected chi connectivity index (χ4v) is 1.83. The molecule has 0 aliphatic heterocycles. The quantitative estimate of drug-likeness (QED) is 0.892. The summed E-state index contributed by atoms with van der Waals surface area (Å²) < 4.78 is 36.8. The molecule has 108 valence electrons. The van der Waals surface area contributed by atoms with Crippen molar-refractivity contribution in [3.63, 3.8) is 0 Å². The van der Waals surface area contributed by atoms with E-state index in [1.165, 1.54) is 4.90 Å². The molecule has 0 aliphatic carbocycles. The van der Waals surface area contributed by atoms with E-state index in [0.29, 0.717) is 6.54 Å². The van der Waals surface area contributed by atoms with Gasteiger partial charge in [-0.15, -0.1) is 0 Å². The van der Waals surface area contributed by atoms with Crippen LogP contribution in [0.3, 0.4) is 0 Å². The van der Waals surface area contributed by atoms with Crippen molar-refractivity contribution in [2.24, 2.45) is 0 Å². The van der Waals surface area contributed by atoms with E-state index in [2.05, 4.69) is 0 Å². The molecule has 1 N–H and O–H groups in total. The van der Waals surface area contributed by atoms with Gasteiger partial charge in [-0.1, -0.05) is 18.2 Å². The zero-order valence-electron chi connectivity index (χ0n) is 11.3. The molecule has 1 aromatic carbocycles. The average molecular weight is 276 g/mol. The van der Waals surface area contributed by atoms with E-state index in [4.69, 9.17) is 5.11 Å². The van der Waals surface area contributed by atoms with Crippen LogP contribution in [0.15, 0.2) is 24.3 Å². The molecule has 6 heteroatoms. The molecule has 0 aromatic heterocycles. The monoisotopic (exact) mass is 276 g/mol. The number of anilines is 1. The van der Waals surface area contributed by atoms with Gasteiger partial charge in [-0.2, -0.15) is 13.2 Å². The van der Waals surface area contributed by atoms with E-state index in [1.54, 1.807) is 7.05 Å². The summed E-state index contributed by atoms with van der Waals surface area (Å²) in [4.78, 5) is 3.36. The second kappa shape index (κ2) is 6.25. The summed E-state index contributed by atoms with van der Waals surface area (Å²) in [6.07, 6.45) is -6.89. The first kappa shape index (κ1) is 15.8. The van der Waals surface area contributed by atoms with E-state index in [0.717, 1.165) is 11.3 Å². The number of aliphatic hydroxyl groups is 1. The zero-order chi connectivity index (χ0) is 14.6. The Morgan fingerprint density at radius 2 is 1.74 bits per heavy atom. The van der Waals surface area contributed by atoms with E-state index in [9.17, 15) is 13.2 Å². The number of rotatable bonds is 5. The van der Waals surface area contributed by atoms with Crippen LogP contribution >= 0.6 is 0 Å². The van der Waals surface area contributed by atoms with Gasteiger partial charge in [0.15, 0.2) is 6.10 Å². The maximum Gasteiger partial charge on any atom is 0.415 e. The van der Waals surface area contributed by atoms with E-state index >= 15 is 0 Å². The van der Waals surface area contributed by atoms with Crippen LogP contribution < -0.4 is 4.90 Å². The van der Waals surface area contributed by atoms with Crippen LogP contribution in [0.1, 0.15) is 5.56 Å². The Labute approximate surface area is 111 Å². The predicted octanol–water partition coefficient (Wildman–Crippen LogP) is 2.11. The van der Waals surface area contributed by atoms with Crippen molar-refractivity contribution < 1.29 is 18.3 Å². The highest BCUT2D eigenvalue weighted by atomic mass is 19.4. The molecular formula is C13H19F3N2O. The summed E-state index contributed by atoms with van der Waals surface area (Å²) in [6.45, 7) is -0.0905. The first-order valence-electron chi connectivity index (χ1n) is 5.90. The number of hydrogen-bond acceptors (Lipinski definition) is 3. The van der Waals surface area contributed by atoms with Crippen LogP contribution in [-0.4, -0.2) is 50.0 Å². The minimum Gasteiger partial charge on any atom is -0.382 e. The van der Waals surface area contributed by atoms with Gasteiger partial charge in [0.1, 0.15) is 0 Å². The third-order valence-electron chi connectivity index (χ3n) is 2.78. The van der Waals surface area contributed by atoms with E-state index in [1.807, 2.05) is 43.3 Å². The number of benzene rings is 1. The highest BCUT2D eigenvalue weighted by Crippen LogP contribution is 2.22. The largest absolute Gasteiger partial charge is 0.415 e. The average Bonchev–Trinajstić information content (AvgIpc) is 2.27. The van der Waals surface area contributed by atoms with Crippen molar-refractivity contribution >= 4 is 5.69 Å². The van der Waals surface area contributed by atoms with Crippen molar-refractivity contribution in [2.75, 3.05) is 32.6 Å². The number of likely N-dealkylation sites (N-methyl/N-ethyl adjacent to an activating group) is 1. The molecule has 0 aliphatic rings. The lowest BCUT2D eigenvalue weighted by molar-refractivity contribution is -0.207. The lowest BCUT2D eigenvalue weighted by atomic mass is 10.1. The highest BCUT2D eigenvalue weighted by Gasteiger charge is 2.38. The molecule has 1 rings (SSSR count). The van der Waals surface area contributed by atoms with Crippen LogP contribution in [-0.2, 0) is 6.54 Å². The van der Waals surface area contributed by atoms with Gasteiger partial charge in [0.25, 0.3) is 0 Å². The Hall–Kier alpha value is -1.27. The van der Waals surface area contributed by atoms with Gasteiger partial charge < -0.3 is 10.0 Å². The Balaban J connectivity index is 2.70. The summed E-state index contributed by atoms with van der Waals surface area (Å²) in [5.41, 5.74) is 1.88. The zero-order valence-corrected chi connectivity index (χ0v) is 11.3. The standard InChI is InChI=1S/C13H19F3N2O/c1-17(2)11-7-5-4-6-10(11)8-18(3)9-12(19)13(14,15)16/h4-7,12,19H,8-9H2,1-3H3. The lowest BCUT2D eigenvalue weighted by Crippen LogP contribution is -2.39. The molecular weight excluding hydrogens is 257 g/mol. The molecule has 0 saturated carbocycles. The van der Waals surface area contributed by atoms with Crippen LogP contribution in [0.4, 0.5) is 18.9 Å². The minimum absolute atomic E-state index is 0.349. The van der Waals surface area contributed by atoms with Crippen LogP contribution in [0, 0.1) is 0 Å². The SMILES string of the molecule is CN(Cc1ccccc1N(C)C)CC(O)C(F)(F)F. The smallest absolute Gasteiger partial charge is 0.382 e. The first-order valence-corrected chi connectivity index (χ1v) is 5.90. The molecule has 0 radical (unpaired) electrons. The van der Waals surface area contributed by atoms with Gasteiger partial charge in [-0.05, 0) is 18.7 Å². The molecule has 0 amide bonds. The number of para-hydroxylation sites is 1. The number of nitrogens with zero attached hydrogens (tertiary/aromatic N) is 2. The third-order valence-corrected chi connectivity index (χ3v) is 2.78. The predicted molar refractivity (Wildman–Crippen MR) is 69.2 cm³/mol. The minimum atomic E-state index is -4.57. The molecule has 0 heterocycles. The van der Waals surface area contributed by atoms with Gasteiger partial charge in [-0.25, -0.2) is 0 Å². The molecule has 1 unspecified atom stereocenters. The number of halogens is 3. The molecule has 0 fully saturated rings. The number of hydrogen-bond donors (Lipinski definition) is 1. The maximum atomic E-state index is 12.3.